The van der Waals surface area contributed by atoms with E-state index in [9.17, 15) is 14.4 Å². The summed E-state index contributed by atoms with van der Waals surface area (Å²) in [5.74, 6) is -2.19. The van der Waals surface area contributed by atoms with Gasteiger partial charge in [-0.1, -0.05) is 42.5 Å². The minimum Gasteiger partial charge on any atom is -0.340 e. The van der Waals surface area contributed by atoms with E-state index in [1.54, 1.807) is 12.1 Å². The Hall–Kier alpha value is -3.23. The van der Waals surface area contributed by atoms with Crippen molar-refractivity contribution in [3.8, 4) is 0 Å². The van der Waals surface area contributed by atoms with Gasteiger partial charge in [0.1, 0.15) is 6.29 Å². The number of anilines is 1. The second-order valence-electron chi connectivity index (χ2n) is 8.30. The maximum Gasteiger partial charge on any atom is 0.229 e. The van der Waals surface area contributed by atoms with Crippen LogP contribution in [-0.2, 0) is 27.3 Å². The van der Waals surface area contributed by atoms with Gasteiger partial charge >= 0.3 is 0 Å². The van der Waals surface area contributed by atoms with Gasteiger partial charge in [0.05, 0.1) is 18.0 Å². The number of carbonyl (C=O) groups is 3. The van der Waals surface area contributed by atoms with Crippen molar-refractivity contribution in [1.29, 1.82) is 0 Å². The van der Waals surface area contributed by atoms with Crippen LogP contribution >= 0.6 is 0 Å². The van der Waals surface area contributed by atoms with Crippen LogP contribution in [0.15, 0.2) is 54.6 Å². The molecular formula is C23H25N5O3. The van der Waals surface area contributed by atoms with Crippen molar-refractivity contribution in [3.05, 3.63) is 65.7 Å². The number of nitrogens with zero attached hydrogens (tertiary/aromatic N) is 1. The van der Waals surface area contributed by atoms with Gasteiger partial charge < -0.3 is 16.0 Å². The number of fused-ring (bicyclic) bond motifs is 2. The van der Waals surface area contributed by atoms with Gasteiger partial charge in [-0.15, -0.1) is 0 Å². The van der Waals surface area contributed by atoms with Gasteiger partial charge in [0.25, 0.3) is 0 Å². The SMILES string of the molecule is O=C1CC(C(=O)Nc2ccccc2)C2C(=O)NC(N3CCc4ccccc4C3)NC2N1. The third-order valence-corrected chi connectivity index (χ3v) is 6.34. The summed E-state index contributed by atoms with van der Waals surface area (Å²) in [7, 11) is 0. The smallest absolute Gasteiger partial charge is 0.229 e. The molecule has 0 aromatic heterocycles. The maximum absolute atomic E-state index is 13.1. The normalized spacial score (nSPS) is 28.0. The lowest BCUT2D eigenvalue weighted by molar-refractivity contribution is -0.147. The number of benzene rings is 2. The van der Waals surface area contributed by atoms with Crippen molar-refractivity contribution in [2.75, 3.05) is 11.9 Å². The molecule has 4 N–H and O–H groups in total. The highest BCUT2D eigenvalue weighted by atomic mass is 16.2. The summed E-state index contributed by atoms with van der Waals surface area (Å²) in [4.78, 5) is 40.5. The van der Waals surface area contributed by atoms with Crippen molar-refractivity contribution < 1.29 is 14.4 Å². The van der Waals surface area contributed by atoms with Crippen LogP contribution in [0.5, 0.6) is 0 Å². The fourth-order valence-electron chi connectivity index (χ4n) is 4.75. The second kappa shape index (κ2) is 8.13. The van der Waals surface area contributed by atoms with E-state index < -0.39 is 24.3 Å². The van der Waals surface area contributed by atoms with E-state index in [2.05, 4.69) is 38.3 Å². The molecule has 0 bridgehead atoms. The molecule has 0 radical (unpaired) electrons. The molecule has 3 aliphatic heterocycles. The van der Waals surface area contributed by atoms with E-state index in [0.717, 1.165) is 13.0 Å². The predicted octanol–water partition coefficient (Wildman–Crippen LogP) is 0.765. The van der Waals surface area contributed by atoms with Gasteiger partial charge in [0.2, 0.25) is 17.7 Å². The zero-order valence-corrected chi connectivity index (χ0v) is 17.0. The second-order valence-corrected chi connectivity index (χ2v) is 8.30. The van der Waals surface area contributed by atoms with E-state index in [0.29, 0.717) is 12.2 Å². The van der Waals surface area contributed by atoms with Crippen LogP contribution in [0.25, 0.3) is 0 Å². The molecule has 4 unspecified atom stereocenters. The molecule has 3 heterocycles. The molecular weight excluding hydrogens is 394 g/mol. The number of piperidine rings is 1. The number of hydrogen-bond donors (Lipinski definition) is 4. The van der Waals surface area contributed by atoms with Crippen molar-refractivity contribution in [3.63, 3.8) is 0 Å². The Morgan fingerprint density at radius 1 is 0.968 bits per heavy atom. The van der Waals surface area contributed by atoms with Gasteiger partial charge in [0, 0.05) is 25.2 Å². The zero-order chi connectivity index (χ0) is 21.4. The standard InChI is InChI=1S/C23H25N5O3/c29-18-12-17(21(30)24-16-8-2-1-3-9-16)19-20(25-18)26-23(27-22(19)31)28-11-10-14-6-4-5-7-15(14)13-28/h1-9,17,19-20,23,26H,10-13H2,(H,24,30)(H,25,29)(H,27,31). The molecule has 4 atom stereocenters. The zero-order valence-electron chi connectivity index (χ0n) is 17.0. The molecule has 3 amide bonds. The average Bonchev–Trinajstić information content (AvgIpc) is 2.78. The largest absolute Gasteiger partial charge is 0.340 e. The highest BCUT2D eigenvalue weighted by molar-refractivity contribution is 6.00. The average molecular weight is 419 g/mol. The summed E-state index contributed by atoms with van der Waals surface area (Å²) >= 11 is 0. The van der Waals surface area contributed by atoms with Crippen LogP contribution in [0.1, 0.15) is 17.5 Å². The number of rotatable bonds is 3. The summed E-state index contributed by atoms with van der Waals surface area (Å²) in [6.45, 7) is 1.50. The number of nitrogens with one attached hydrogen (secondary N) is 4. The number of amides is 3. The fraction of sp³-hybridized carbons (Fsp3) is 0.348. The molecule has 3 aliphatic rings. The van der Waals surface area contributed by atoms with Crippen molar-refractivity contribution >= 4 is 23.4 Å². The topological polar surface area (TPSA) is 103 Å². The Morgan fingerprint density at radius 2 is 1.71 bits per heavy atom. The Morgan fingerprint density at radius 3 is 2.52 bits per heavy atom. The van der Waals surface area contributed by atoms with Crippen LogP contribution in [-0.4, -0.2) is 41.6 Å². The van der Waals surface area contributed by atoms with Gasteiger partial charge in [-0.25, -0.2) is 0 Å². The minimum atomic E-state index is -0.741. The summed E-state index contributed by atoms with van der Waals surface area (Å²) in [6.07, 6.45) is -0.120. The molecule has 8 heteroatoms. The third kappa shape index (κ3) is 3.92. The van der Waals surface area contributed by atoms with E-state index >= 15 is 0 Å². The van der Waals surface area contributed by atoms with Crippen LogP contribution in [0.3, 0.4) is 0 Å². The lowest BCUT2D eigenvalue weighted by Crippen LogP contribution is -2.74. The van der Waals surface area contributed by atoms with Gasteiger partial charge in [-0.2, -0.15) is 0 Å². The van der Waals surface area contributed by atoms with Gasteiger partial charge in [0.15, 0.2) is 0 Å². The molecule has 160 valence electrons. The fourth-order valence-corrected chi connectivity index (χ4v) is 4.75. The number of hydrogen-bond acceptors (Lipinski definition) is 5. The summed E-state index contributed by atoms with van der Waals surface area (Å²) in [5, 5.41) is 12.1. The molecule has 8 nitrogen and oxygen atoms in total. The van der Waals surface area contributed by atoms with E-state index in [4.69, 9.17) is 0 Å². The van der Waals surface area contributed by atoms with Crippen molar-refractivity contribution in [2.24, 2.45) is 11.8 Å². The Labute approximate surface area is 180 Å². The molecule has 0 saturated carbocycles. The van der Waals surface area contributed by atoms with E-state index in [-0.39, 0.29) is 24.1 Å². The Kier molecular flexibility index (Phi) is 5.17. The van der Waals surface area contributed by atoms with Crippen LogP contribution < -0.4 is 21.3 Å². The first-order chi connectivity index (χ1) is 15.1. The van der Waals surface area contributed by atoms with Gasteiger partial charge in [-0.3, -0.25) is 24.6 Å². The highest BCUT2D eigenvalue weighted by Gasteiger charge is 2.49. The minimum absolute atomic E-state index is 0.0172. The Bertz CT molecular complexity index is 1010. The van der Waals surface area contributed by atoms with Crippen LogP contribution in [0.4, 0.5) is 5.69 Å². The highest BCUT2D eigenvalue weighted by Crippen LogP contribution is 2.29. The molecule has 2 saturated heterocycles. The lowest BCUT2D eigenvalue weighted by Gasteiger charge is -2.47. The Balaban J connectivity index is 1.31. The van der Waals surface area contributed by atoms with E-state index in [1.807, 2.05) is 30.3 Å². The summed E-state index contributed by atoms with van der Waals surface area (Å²) in [6, 6.07) is 17.3. The van der Waals surface area contributed by atoms with Crippen LogP contribution in [0, 0.1) is 11.8 Å². The maximum atomic E-state index is 13.1. The molecule has 2 aromatic carbocycles. The molecule has 2 aromatic rings. The van der Waals surface area contributed by atoms with Crippen molar-refractivity contribution in [2.45, 2.75) is 31.8 Å². The van der Waals surface area contributed by atoms with Gasteiger partial charge in [-0.05, 0) is 29.7 Å². The third-order valence-electron chi connectivity index (χ3n) is 6.34. The number of para-hydroxylation sites is 1. The van der Waals surface area contributed by atoms with Crippen LogP contribution in [0.2, 0.25) is 0 Å². The molecule has 0 aliphatic carbocycles. The first kappa shape index (κ1) is 19.7. The molecule has 31 heavy (non-hydrogen) atoms. The number of carbonyl (C=O) groups excluding carboxylic acids is 3. The first-order valence-electron chi connectivity index (χ1n) is 10.6. The summed E-state index contributed by atoms with van der Waals surface area (Å²) < 4.78 is 0. The summed E-state index contributed by atoms with van der Waals surface area (Å²) in [5.41, 5.74) is 3.20. The molecule has 2 fully saturated rings. The lowest BCUT2D eigenvalue weighted by atomic mass is 9.81. The quantitative estimate of drug-likeness (QED) is 0.589. The van der Waals surface area contributed by atoms with Crippen molar-refractivity contribution in [1.82, 2.24) is 20.9 Å². The predicted molar refractivity (Wildman–Crippen MR) is 114 cm³/mol. The molecule has 5 rings (SSSR count). The van der Waals surface area contributed by atoms with E-state index in [1.165, 1.54) is 11.1 Å². The monoisotopic (exact) mass is 419 g/mol. The molecule has 0 spiro atoms. The first-order valence-corrected chi connectivity index (χ1v) is 10.6.